The summed E-state index contributed by atoms with van der Waals surface area (Å²) < 4.78 is 2.33. The molecule has 2 nitrogen and oxygen atoms in total. The Bertz CT molecular complexity index is 1030. The number of rotatable bonds is 4. The first-order valence-electron chi connectivity index (χ1n) is 10.9. The number of anilines is 1. The molecule has 2 aliphatic rings. The van der Waals surface area contributed by atoms with Gasteiger partial charge in [0.05, 0.1) is 5.92 Å². The molecule has 29 heavy (non-hydrogen) atoms. The predicted molar refractivity (Wildman–Crippen MR) is 125 cm³/mol. The van der Waals surface area contributed by atoms with Crippen molar-refractivity contribution in [1.29, 1.82) is 0 Å². The molecule has 0 saturated carbocycles. The van der Waals surface area contributed by atoms with Crippen molar-refractivity contribution in [1.82, 2.24) is 0 Å². The van der Waals surface area contributed by atoms with Gasteiger partial charge in [-0.1, -0.05) is 55.8 Å². The number of benzene rings is 2. The third kappa shape index (κ3) is 2.88. The minimum absolute atomic E-state index is 0.0985. The molecule has 1 atom stereocenters. The molecule has 4 rings (SSSR count). The molecule has 0 bridgehead atoms. The Labute approximate surface area is 175 Å². The van der Waals surface area contributed by atoms with Crippen molar-refractivity contribution in [3.63, 3.8) is 0 Å². The quantitative estimate of drug-likeness (QED) is 0.546. The van der Waals surface area contributed by atoms with E-state index in [-0.39, 0.29) is 5.41 Å². The summed E-state index contributed by atoms with van der Waals surface area (Å²) in [6.07, 6.45) is 9.14. The molecule has 150 valence electrons. The molecule has 0 amide bonds. The highest BCUT2D eigenvalue weighted by Crippen LogP contribution is 2.51. The Morgan fingerprint density at radius 2 is 1.83 bits per heavy atom. The molecular formula is C27H33N2+. The average molecular weight is 386 g/mol. The van der Waals surface area contributed by atoms with E-state index in [9.17, 15) is 0 Å². The van der Waals surface area contributed by atoms with Crippen molar-refractivity contribution in [2.24, 2.45) is 0 Å². The molecule has 2 aromatic rings. The van der Waals surface area contributed by atoms with Gasteiger partial charge in [-0.15, -0.1) is 0 Å². The standard InChI is InChI=1S/C27H33N2/c1-7-27(8-2)22-18-19(3)16-17-25(22)29(6)26(27)15-11-14-23-20(4)21-12-9-10-13-24(21)28(23)5/h9-18,20H,7-8H2,1-6H3/q+1. The topological polar surface area (TPSA) is 6.25 Å². The molecular weight excluding hydrogens is 352 g/mol. The summed E-state index contributed by atoms with van der Waals surface area (Å²) in [5.41, 5.74) is 9.78. The van der Waals surface area contributed by atoms with E-state index < -0.39 is 0 Å². The first-order valence-corrected chi connectivity index (χ1v) is 10.9. The molecule has 0 spiro atoms. The van der Waals surface area contributed by atoms with Crippen LogP contribution in [0.15, 0.2) is 66.4 Å². The van der Waals surface area contributed by atoms with Gasteiger partial charge in [0.25, 0.3) is 0 Å². The molecule has 2 aliphatic heterocycles. The van der Waals surface area contributed by atoms with E-state index in [4.69, 9.17) is 0 Å². The average Bonchev–Trinajstić information content (AvgIpc) is 3.11. The summed E-state index contributed by atoms with van der Waals surface area (Å²) in [6.45, 7) is 9.15. The minimum Gasteiger partial charge on any atom is -0.347 e. The van der Waals surface area contributed by atoms with Crippen LogP contribution in [-0.2, 0) is 5.41 Å². The number of likely N-dealkylation sites (N-methyl/N-ethyl adjacent to an activating group) is 1. The van der Waals surface area contributed by atoms with Crippen molar-refractivity contribution in [3.8, 4) is 0 Å². The van der Waals surface area contributed by atoms with Crippen LogP contribution in [0.2, 0.25) is 0 Å². The SMILES string of the molecule is CCC1(CC)/C(=C\C=C\C2=[N+](C)c3ccccc3C2C)N(C)c2ccc(C)cc21. The highest BCUT2D eigenvalue weighted by molar-refractivity contribution is 6.00. The van der Waals surface area contributed by atoms with Gasteiger partial charge in [-0.3, -0.25) is 0 Å². The zero-order chi connectivity index (χ0) is 20.8. The highest BCUT2D eigenvalue weighted by Gasteiger charge is 2.43. The van der Waals surface area contributed by atoms with E-state index in [0.717, 1.165) is 12.8 Å². The van der Waals surface area contributed by atoms with E-state index in [1.54, 1.807) is 0 Å². The van der Waals surface area contributed by atoms with E-state index in [1.807, 2.05) is 0 Å². The normalized spacial score (nSPS) is 21.4. The third-order valence-electron chi connectivity index (χ3n) is 7.20. The van der Waals surface area contributed by atoms with Gasteiger partial charge in [0.1, 0.15) is 7.05 Å². The van der Waals surface area contributed by atoms with Crippen LogP contribution in [0, 0.1) is 6.92 Å². The van der Waals surface area contributed by atoms with Crippen molar-refractivity contribution >= 4 is 17.1 Å². The maximum atomic E-state index is 2.40. The molecule has 0 saturated heterocycles. The summed E-state index contributed by atoms with van der Waals surface area (Å²) >= 11 is 0. The van der Waals surface area contributed by atoms with Crippen molar-refractivity contribution in [3.05, 3.63) is 83.1 Å². The first-order chi connectivity index (χ1) is 13.9. The smallest absolute Gasteiger partial charge is 0.209 e. The summed E-state index contributed by atoms with van der Waals surface area (Å²) in [4.78, 5) is 2.40. The molecule has 2 aromatic carbocycles. The Balaban J connectivity index is 1.73. The van der Waals surface area contributed by atoms with Crippen LogP contribution < -0.4 is 4.90 Å². The van der Waals surface area contributed by atoms with Crippen LogP contribution in [0.25, 0.3) is 0 Å². The number of fused-ring (bicyclic) bond motifs is 2. The fourth-order valence-corrected chi connectivity index (χ4v) is 5.42. The molecule has 1 unspecified atom stereocenters. The lowest BCUT2D eigenvalue weighted by molar-refractivity contribution is -0.401. The van der Waals surface area contributed by atoms with Crippen molar-refractivity contribution in [2.45, 2.75) is 51.9 Å². The second kappa shape index (κ2) is 7.33. The zero-order valence-corrected chi connectivity index (χ0v) is 18.7. The Morgan fingerprint density at radius 3 is 2.52 bits per heavy atom. The Hall–Kier alpha value is -2.61. The highest BCUT2D eigenvalue weighted by atomic mass is 15.2. The lowest BCUT2D eigenvalue weighted by Crippen LogP contribution is -2.28. The largest absolute Gasteiger partial charge is 0.347 e. The van der Waals surface area contributed by atoms with Crippen molar-refractivity contribution < 1.29 is 4.58 Å². The number of hydrogen-bond donors (Lipinski definition) is 0. The molecule has 2 heterocycles. The van der Waals surface area contributed by atoms with E-state index in [2.05, 4.69) is 112 Å². The van der Waals surface area contributed by atoms with Crippen LogP contribution >= 0.6 is 0 Å². The van der Waals surface area contributed by atoms with Gasteiger partial charge in [0.15, 0.2) is 5.71 Å². The van der Waals surface area contributed by atoms with E-state index >= 15 is 0 Å². The third-order valence-corrected chi connectivity index (χ3v) is 7.20. The second-order valence-electron chi connectivity index (χ2n) is 8.54. The fourth-order valence-electron chi connectivity index (χ4n) is 5.42. The summed E-state index contributed by atoms with van der Waals surface area (Å²) in [7, 11) is 4.39. The van der Waals surface area contributed by atoms with Crippen LogP contribution in [-0.4, -0.2) is 24.4 Å². The second-order valence-corrected chi connectivity index (χ2v) is 8.54. The van der Waals surface area contributed by atoms with Crippen LogP contribution in [0.1, 0.15) is 56.2 Å². The van der Waals surface area contributed by atoms with E-state index in [0.29, 0.717) is 5.92 Å². The molecule has 0 radical (unpaired) electrons. The van der Waals surface area contributed by atoms with Crippen LogP contribution in [0.3, 0.4) is 0 Å². The number of nitrogens with zero attached hydrogens (tertiary/aromatic N) is 2. The fraction of sp³-hybridized carbons (Fsp3) is 0.370. The van der Waals surface area contributed by atoms with Gasteiger partial charge in [-0.25, -0.2) is 0 Å². The maximum Gasteiger partial charge on any atom is 0.209 e. The Morgan fingerprint density at radius 1 is 1.10 bits per heavy atom. The molecule has 0 aliphatic carbocycles. The maximum absolute atomic E-state index is 2.40. The van der Waals surface area contributed by atoms with Crippen LogP contribution in [0.4, 0.5) is 11.4 Å². The van der Waals surface area contributed by atoms with Gasteiger partial charge in [0.2, 0.25) is 5.69 Å². The number of para-hydroxylation sites is 1. The summed E-state index contributed by atoms with van der Waals surface area (Å²) in [5, 5.41) is 0. The number of allylic oxidation sites excluding steroid dienone is 4. The van der Waals surface area contributed by atoms with Gasteiger partial charge in [-0.2, -0.15) is 4.58 Å². The minimum atomic E-state index is 0.0985. The monoisotopic (exact) mass is 385 g/mol. The van der Waals surface area contributed by atoms with Gasteiger partial charge >= 0.3 is 0 Å². The summed E-state index contributed by atoms with van der Waals surface area (Å²) in [6, 6.07) is 15.6. The zero-order valence-electron chi connectivity index (χ0n) is 18.7. The number of hydrogen-bond acceptors (Lipinski definition) is 1. The van der Waals surface area contributed by atoms with Crippen molar-refractivity contribution in [2.75, 3.05) is 19.0 Å². The molecule has 0 fully saturated rings. The summed E-state index contributed by atoms with van der Waals surface area (Å²) in [5.74, 6) is 0.425. The van der Waals surface area contributed by atoms with E-state index in [1.165, 1.54) is 39.5 Å². The molecule has 2 heteroatoms. The molecule has 0 N–H and O–H groups in total. The first kappa shape index (κ1) is 19.7. The predicted octanol–water partition coefficient (Wildman–Crippen LogP) is 6.47. The van der Waals surface area contributed by atoms with Gasteiger partial charge < -0.3 is 4.90 Å². The Kier molecular flexibility index (Phi) is 4.98. The van der Waals surface area contributed by atoms with Crippen LogP contribution in [0.5, 0.6) is 0 Å². The molecule has 0 aromatic heterocycles. The van der Waals surface area contributed by atoms with Gasteiger partial charge in [-0.05, 0) is 44.4 Å². The van der Waals surface area contributed by atoms with Gasteiger partial charge in [0, 0.05) is 41.6 Å². The number of aryl methyl sites for hydroxylation is 1. The lowest BCUT2D eigenvalue weighted by atomic mass is 9.74. The lowest BCUT2D eigenvalue weighted by Gasteiger charge is -2.30.